The maximum Gasteiger partial charge on any atom is 0.123 e. The van der Waals surface area contributed by atoms with E-state index in [1.165, 1.54) is 6.07 Å². The average Bonchev–Trinajstić information content (AvgIpc) is 2.68. The fraction of sp³-hybridized carbons (Fsp3) is 0.500. The second-order valence-corrected chi connectivity index (χ2v) is 4.70. The van der Waals surface area contributed by atoms with E-state index >= 15 is 0 Å². The van der Waals surface area contributed by atoms with Crippen LogP contribution < -0.4 is 5.73 Å². The Kier molecular flexibility index (Phi) is 2.11. The van der Waals surface area contributed by atoms with Crippen molar-refractivity contribution in [2.45, 2.75) is 19.8 Å². The zero-order valence-corrected chi connectivity index (χ0v) is 8.63. The standard InChI is InChI=1S/C12H16FN/c1-12(2)10(7-14)11(12)8-4-3-5-9(13)6-8/h3-6,10-11H,7,14H2,1-2H3/t10-,11-/m0/s1. The SMILES string of the molecule is CC1(C)[C@@H](CN)[C@@H]1c1cccc(F)c1. The minimum atomic E-state index is -0.152. The summed E-state index contributed by atoms with van der Waals surface area (Å²) >= 11 is 0. The van der Waals surface area contributed by atoms with Crippen LogP contribution in [0.5, 0.6) is 0 Å². The Morgan fingerprint density at radius 1 is 1.43 bits per heavy atom. The van der Waals surface area contributed by atoms with Gasteiger partial charge in [-0.2, -0.15) is 0 Å². The summed E-state index contributed by atoms with van der Waals surface area (Å²) in [5.41, 5.74) is 7.01. The molecule has 14 heavy (non-hydrogen) atoms. The summed E-state index contributed by atoms with van der Waals surface area (Å²) in [6.07, 6.45) is 0. The van der Waals surface area contributed by atoms with Crippen LogP contribution in [0.4, 0.5) is 4.39 Å². The molecule has 1 aromatic carbocycles. The Bertz CT molecular complexity index is 346. The van der Waals surface area contributed by atoms with Crippen molar-refractivity contribution in [1.29, 1.82) is 0 Å². The largest absolute Gasteiger partial charge is 0.330 e. The summed E-state index contributed by atoms with van der Waals surface area (Å²) in [5.74, 6) is 0.786. The average molecular weight is 193 g/mol. The first-order valence-corrected chi connectivity index (χ1v) is 5.03. The third-order valence-electron chi connectivity index (χ3n) is 3.51. The number of hydrogen-bond donors (Lipinski definition) is 1. The first-order chi connectivity index (χ1) is 6.57. The van der Waals surface area contributed by atoms with Crippen LogP contribution in [0.2, 0.25) is 0 Å². The summed E-state index contributed by atoms with van der Waals surface area (Å²) in [6.45, 7) is 5.08. The number of rotatable bonds is 2. The van der Waals surface area contributed by atoms with Crippen molar-refractivity contribution in [2.75, 3.05) is 6.54 Å². The Hall–Kier alpha value is -0.890. The van der Waals surface area contributed by atoms with Gasteiger partial charge in [0.25, 0.3) is 0 Å². The van der Waals surface area contributed by atoms with Gasteiger partial charge in [-0.3, -0.25) is 0 Å². The van der Waals surface area contributed by atoms with Gasteiger partial charge in [0.2, 0.25) is 0 Å². The molecule has 2 atom stereocenters. The van der Waals surface area contributed by atoms with Gasteiger partial charge in [0.05, 0.1) is 0 Å². The van der Waals surface area contributed by atoms with Crippen molar-refractivity contribution in [3.8, 4) is 0 Å². The van der Waals surface area contributed by atoms with Gasteiger partial charge in [0.15, 0.2) is 0 Å². The van der Waals surface area contributed by atoms with Crippen LogP contribution in [0.15, 0.2) is 24.3 Å². The second kappa shape index (κ2) is 3.06. The third kappa shape index (κ3) is 1.34. The van der Waals surface area contributed by atoms with Gasteiger partial charge in [-0.1, -0.05) is 26.0 Å². The molecule has 1 aromatic rings. The van der Waals surface area contributed by atoms with Crippen molar-refractivity contribution >= 4 is 0 Å². The van der Waals surface area contributed by atoms with Gasteiger partial charge >= 0.3 is 0 Å². The van der Waals surface area contributed by atoms with Crippen LogP contribution in [0.3, 0.4) is 0 Å². The zero-order valence-electron chi connectivity index (χ0n) is 8.63. The zero-order chi connectivity index (χ0) is 10.3. The van der Waals surface area contributed by atoms with Crippen LogP contribution in [0.25, 0.3) is 0 Å². The topological polar surface area (TPSA) is 26.0 Å². The lowest BCUT2D eigenvalue weighted by molar-refractivity contribution is 0.558. The lowest BCUT2D eigenvalue weighted by atomic mass is 10.0. The molecule has 2 heteroatoms. The molecule has 1 fully saturated rings. The summed E-state index contributed by atoms with van der Waals surface area (Å²) in [6, 6.07) is 6.87. The number of halogens is 1. The normalized spacial score (nSPS) is 28.9. The van der Waals surface area contributed by atoms with Crippen LogP contribution in [-0.4, -0.2) is 6.54 Å². The molecule has 76 valence electrons. The van der Waals surface area contributed by atoms with E-state index in [1.54, 1.807) is 12.1 Å². The van der Waals surface area contributed by atoms with E-state index in [2.05, 4.69) is 13.8 Å². The van der Waals surface area contributed by atoms with Gasteiger partial charge in [-0.05, 0) is 41.5 Å². The molecule has 0 aliphatic heterocycles. The van der Waals surface area contributed by atoms with Crippen LogP contribution in [0, 0.1) is 17.2 Å². The molecule has 0 radical (unpaired) electrons. The lowest BCUT2D eigenvalue weighted by Gasteiger charge is -2.02. The summed E-state index contributed by atoms with van der Waals surface area (Å²) < 4.78 is 13.0. The quantitative estimate of drug-likeness (QED) is 0.767. The van der Waals surface area contributed by atoms with Gasteiger partial charge in [-0.15, -0.1) is 0 Å². The van der Waals surface area contributed by atoms with Gasteiger partial charge in [0, 0.05) is 0 Å². The Morgan fingerprint density at radius 3 is 2.64 bits per heavy atom. The van der Waals surface area contributed by atoms with Crippen LogP contribution >= 0.6 is 0 Å². The predicted octanol–water partition coefficient (Wildman–Crippen LogP) is 2.52. The molecule has 1 aliphatic carbocycles. The molecule has 0 saturated heterocycles. The maximum atomic E-state index is 13.0. The fourth-order valence-corrected chi connectivity index (χ4v) is 2.55. The van der Waals surface area contributed by atoms with Crippen molar-refractivity contribution < 1.29 is 4.39 Å². The highest BCUT2D eigenvalue weighted by Crippen LogP contribution is 2.63. The molecule has 0 spiro atoms. The molecule has 0 heterocycles. The molecule has 1 saturated carbocycles. The Balaban J connectivity index is 2.26. The molecule has 0 amide bonds. The van der Waals surface area contributed by atoms with Gasteiger partial charge in [0.1, 0.15) is 5.82 Å². The van der Waals surface area contributed by atoms with Crippen LogP contribution in [-0.2, 0) is 0 Å². The van der Waals surface area contributed by atoms with E-state index in [0.29, 0.717) is 18.4 Å². The smallest absolute Gasteiger partial charge is 0.123 e. The summed E-state index contributed by atoms with van der Waals surface area (Å²) in [7, 11) is 0. The van der Waals surface area contributed by atoms with E-state index in [9.17, 15) is 4.39 Å². The minimum Gasteiger partial charge on any atom is -0.330 e. The van der Waals surface area contributed by atoms with Crippen molar-refractivity contribution in [2.24, 2.45) is 17.1 Å². The van der Waals surface area contributed by atoms with Crippen molar-refractivity contribution in [1.82, 2.24) is 0 Å². The molecule has 1 aliphatic rings. The highest BCUT2D eigenvalue weighted by molar-refractivity contribution is 5.32. The van der Waals surface area contributed by atoms with Crippen molar-refractivity contribution in [3.63, 3.8) is 0 Å². The molecular formula is C12H16FN. The molecule has 2 rings (SSSR count). The fourth-order valence-electron chi connectivity index (χ4n) is 2.55. The predicted molar refractivity (Wildman–Crippen MR) is 55.5 cm³/mol. The maximum absolute atomic E-state index is 13.0. The molecule has 0 aromatic heterocycles. The first kappa shape index (κ1) is 9.66. The van der Waals surface area contributed by atoms with Crippen molar-refractivity contribution in [3.05, 3.63) is 35.6 Å². The number of benzene rings is 1. The van der Waals surface area contributed by atoms with Gasteiger partial charge < -0.3 is 5.73 Å². The minimum absolute atomic E-state index is 0.152. The molecule has 0 bridgehead atoms. The van der Waals surface area contributed by atoms with E-state index in [1.807, 2.05) is 6.07 Å². The van der Waals surface area contributed by atoms with Gasteiger partial charge in [-0.25, -0.2) is 4.39 Å². The second-order valence-electron chi connectivity index (χ2n) is 4.70. The van der Waals surface area contributed by atoms with E-state index in [-0.39, 0.29) is 11.2 Å². The summed E-state index contributed by atoms with van der Waals surface area (Å²) in [5, 5.41) is 0. The lowest BCUT2D eigenvalue weighted by Crippen LogP contribution is -2.05. The molecule has 1 nitrogen and oxygen atoms in total. The van der Waals surface area contributed by atoms with E-state index < -0.39 is 0 Å². The van der Waals surface area contributed by atoms with Crippen LogP contribution in [0.1, 0.15) is 25.3 Å². The van der Waals surface area contributed by atoms with E-state index in [0.717, 1.165) is 5.56 Å². The molecular weight excluding hydrogens is 177 g/mol. The first-order valence-electron chi connectivity index (χ1n) is 5.03. The Morgan fingerprint density at radius 2 is 2.14 bits per heavy atom. The molecule has 0 unspecified atom stereocenters. The highest BCUT2D eigenvalue weighted by atomic mass is 19.1. The number of nitrogens with two attached hydrogens (primary N) is 1. The summed E-state index contributed by atoms with van der Waals surface area (Å²) in [4.78, 5) is 0. The number of hydrogen-bond acceptors (Lipinski definition) is 1. The highest BCUT2D eigenvalue weighted by Gasteiger charge is 2.57. The molecule has 2 N–H and O–H groups in total. The Labute approximate surface area is 84.1 Å². The monoisotopic (exact) mass is 193 g/mol. The van der Waals surface area contributed by atoms with E-state index in [4.69, 9.17) is 5.73 Å². The third-order valence-corrected chi connectivity index (χ3v) is 3.51.